The number of nitrogens with one attached hydrogen (secondary N) is 1. The van der Waals surface area contributed by atoms with Crippen molar-refractivity contribution in [2.24, 2.45) is 0 Å². The van der Waals surface area contributed by atoms with Crippen LogP contribution in [0.4, 0.5) is 0 Å². The number of rotatable bonds is 9. The Labute approximate surface area is 111 Å². The second-order valence-corrected chi connectivity index (χ2v) is 4.86. The lowest BCUT2D eigenvalue weighted by molar-refractivity contribution is 0.295. The summed E-state index contributed by atoms with van der Waals surface area (Å²) >= 11 is 0. The van der Waals surface area contributed by atoms with Crippen LogP contribution in [0.3, 0.4) is 0 Å². The normalized spacial score (nSPS) is 10.9. The Kier molecular flexibility index (Phi) is 7.42. The van der Waals surface area contributed by atoms with Crippen molar-refractivity contribution in [3.05, 3.63) is 23.9 Å². The van der Waals surface area contributed by atoms with E-state index in [2.05, 4.69) is 31.1 Å². The van der Waals surface area contributed by atoms with Gasteiger partial charge in [-0.1, -0.05) is 33.3 Å². The van der Waals surface area contributed by atoms with Crippen molar-refractivity contribution in [3.8, 4) is 5.88 Å². The minimum absolute atomic E-state index is 0.448. The highest BCUT2D eigenvalue weighted by atomic mass is 16.5. The second-order valence-electron chi connectivity index (χ2n) is 4.86. The molecule has 0 aliphatic carbocycles. The highest BCUT2D eigenvalue weighted by molar-refractivity contribution is 5.17. The second kappa shape index (κ2) is 8.92. The minimum atomic E-state index is 0.448. The van der Waals surface area contributed by atoms with E-state index in [1.54, 1.807) is 0 Å². The SMILES string of the molecule is CCCCNCCCOc1cccc(C(C)C)n1. The van der Waals surface area contributed by atoms with Crippen molar-refractivity contribution in [2.75, 3.05) is 19.7 Å². The van der Waals surface area contributed by atoms with E-state index in [9.17, 15) is 0 Å². The molecule has 1 rings (SSSR count). The fraction of sp³-hybridized carbons (Fsp3) is 0.667. The summed E-state index contributed by atoms with van der Waals surface area (Å²) in [5, 5.41) is 3.40. The number of unbranched alkanes of at least 4 members (excludes halogenated alkanes) is 1. The molecule has 1 N–H and O–H groups in total. The van der Waals surface area contributed by atoms with Crippen molar-refractivity contribution in [1.29, 1.82) is 0 Å². The van der Waals surface area contributed by atoms with Crippen LogP contribution in [0.5, 0.6) is 5.88 Å². The molecular formula is C15H26N2O. The number of ether oxygens (including phenoxy) is 1. The van der Waals surface area contributed by atoms with Gasteiger partial charge in [0.15, 0.2) is 0 Å². The molecule has 1 aromatic heterocycles. The van der Waals surface area contributed by atoms with E-state index < -0.39 is 0 Å². The van der Waals surface area contributed by atoms with E-state index in [-0.39, 0.29) is 0 Å². The highest BCUT2D eigenvalue weighted by Gasteiger charge is 2.02. The van der Waals surface area contributed by atoms with E-state index in [0.29, 0.717) is 5.92 Å². The van der Waals surface area contributed by atoms with E-state index in [0.717, 1.165) is 37.7 Å². The molecule has 0 spiro atoms. The van der Waals surface area contributed by atoms with Crippen LogP contribution in [0.1, 0.15) is 51.6 Å². The van der Waals surface area contributed by atoms with E-state index in [1.165, 1.54) is 12.8 Å². The molecule has 0 unspecified atom stereocenters. The van der Waals surface area contributed by atoms with Gasteiger partial charge in [-0.3, -0.25) is 0 Å². The van der Waals surface area contributed by atoms with Crippen LogP contribution < -0.4 is 10.1 Å². The van der Waals surface area contributed by atoms with Crippen LogP contribution in [0, 0.1) is 0 Å². The van der Waals surface area contributed by atoms with Gasteiger partial charge >= 0.3 is 0 Å². The van der Waals surface area contributed by atoms with Gasteiger partial charge in [0.1, 0.15) is 0 Å². The third-order valence-electron chi connectivity index (χ3n) is 2.79. The van der Waals surface area contributed by atoms with E-state index >= 15 is 0 Å². The quantitative estimate of drug-likeness (QED) is 0.682. The van der Waals surface area contributed by atoms with Crippen molar-refractivity contribution >= 4 is 0 Å². The smallest absolute Gasteiger partial charge is 0.213 e. The minimum Gasteiger partial charge on any atom is -0.478 e. The van der Waals surface area contributed by atoms with Gasteiger partial charge in [-0.25, -0.2) is 4.98 Å². The Morgan fingerprint density at radius 2 is 2.00 bits per heavy atom. The van der Waals surface area contributed by atoms with Crippen LogP contribution in [0.2, 0.25) is 0 Å². The molecule has 18 heavy (non-hydrogen) atoms. The zero-order valence-electron chi connectivity index (χ0n) is 11.9. The summed E-state index contributed by atoms with van der Waals surface area (Å²) in [6.07, 6.45) is 3.52. The Morgan fingerprint density at radius 3 is 2.72 bits per heavy atom. The maximum atomic E-state index is 5.65. The van der Waals surface area contributed by atoms with Crippen LogP contribution in [-0.4, -0.2) is 24.7 Å². The first kappa shape index (κ1) is 15.0. The number of nitrogens with zero attached hydrogens (tertiary/aromatic N) is 1. The van der Waals surface area contributed by atoms with Gasteiger partial charge < -0.3 is 10.1 Å². The topological polar surface area (TPSA) is 34.1 Å². The maximum absolute atomic E-state index is 5.65. The summed E-state index contributed by atoms with van der Waals surface area (Å²) in [6, 6.07) is 5.98. The van der Waals surface area contributed by atoms with Gasteiger partial charge in [0, 0.05) is 11.8 Å². The number of pyridine rings is 1. The van der Waals surface area contributed by atoms with Gasteiger partial charge in [-0.05, 0) is 37.9 Å². The fourth-order valence-electron chi connectivity index (χ4n) is 1.63. The van der Waals surface area contributed by atoms with Crippen molar-refractivity contribution < 1.29 is 4.74 Å². The number of hydrogen-bond donors (Lipinski definition) is 1. The Balaban J connectivity index is 2.17. The van der Waals surface area contributed by atoms with Crippen molar-refractivity contribution in [2.45, 2.75) is 46.0 Å². The molecule has 3 nitrogen and oxygen atoms in total. The van der Waals surface area contributed by atoms with Crippen molar-refractivity contribution in [1.82, 2.24) is 10.3 Å². The molecular weight excluding hydrogens is 224 g/mol. The first-order chi connectivity index (χ1) is 8.74. The summed E-state index contributed by atoms with van der Waals surface area (Å²) < 4.78 is 5.65. The van der Waals surface area contributed by atoms with Gasteiger partial charge in [-0.15, -0.1) is 0 Å². The lowest BCUT2D eigenvalue weighted by Gasteiger charge is -2.09. The predicted octanol–water partition coefficient (Wildman–Crippen LogP) is 3.36. The molecule has 0 atom stereocenters. The zero-order chi connectivity index (χ0) is 13.2. The lowest BCUT2D eigenvalue weighted by atomic mass is 10.1. The van der Waals surface area contributed by atoms with Crippen LogP contribution in [0.25, 0.3) is 0 Å². The Hall–Kier alpha value is -1.09. The average Bonchev–Trinajstić information content (AvgIpc) is 2.38. The monoisotopic (exact) mass is 250 g/mol. The molecule has 0 radical (unpaired) electrons. The maximum Gasteiger partial charge on any atom is 0.213 e. The highest BCUT2D eigenvalue weighted by Crippen LogP contribution is 2.15. The number of aromatic nitrogens is 1. The molecule has 0 bridgehead atoms. The van der Waals surface area contributed by atoms with Gasteiger partial charge in [0.2, 0.25) is 5.88 Å². The molecule has 0 amide bonds. The average molecular weight is 250 g/mol. The summed E-state index contributed by atoms with van der Waals surface area (Å²) in [7, 11) is 0. The standard InChI is InChI=1S/C15H26N2O/c1-4-5-10-16-11-7-12-18-15-9-6-8-14(17-15)13(2)3/h6,8-9,13,16H,4-5,7,10-12H2,1-3H3. The molecule has 0 aromatic carbocycles. The fourth-order valence-corrected chi connectivity index (χ4v) is 1.63. The molecule has 0 aliphatic heterocycles. The molecule has 0 fully saturated rings. The Bertz CT molecular complexity index is 326. The van der Waals surface area contributed by atoms with Gasteiger partial charge in [-0.2, -0.15) is 0 Å². The first-order valence-electron chi connectivity index (χ1n) is 7.04. The molecule has 1 heterocycles. The third-order valence-corrected chi connectivity index (χ3v) is 2.79. The first-order valence-corrected chi connectivity index (χ1v) is 7.04. The van der Waals surface area contributed by atoms with Gasteiger partial charge in [0.25, 0.3) is 0 Å². The molecule has 0 saturated carbocycles. The predicted molar refractivity (Wildman–Crippen MR) is 76.2 cm³/mol. The molecule has 0 aliphatic rings. The summed E-state index contributed by atoms with van der Waals surface area (Å²) in [6.45, 7) is 9.35. The molecule has 1 aromatic rings. The van der Waals surface area contributed by atoms with E-state index in [1.807, 2.05) is 18.2 Å². The number of hydrogen-bond acceptors (Lipinski definition) is 3. The summed E-state index contributed by atoms with van der Waals surface area (Å²) in [4.78, 5) is 4.48. The molecule has 0 saturated heterocycles. The van der Waals surface area contributed by atoms with Crippen LogP contribution in [-0.2, 0) is 0 Å². The van der Waals surface area contributed by atoms with Crippen LogP contribution >= 0.6 is 0 Å². The van der Waals surface area contributed by atoms with E-state index in [4.69, 9.17) is 4.74 Å². The lowest BCUT2D eigenvalue weighted by Crippen LogP contribution is -2.18. The van der Waals surface area contributed by atoms with Crippen LogP contribution in [0.15, 0.2) is 18.2 Å². The summed E-state index contributed by atoms with van der Waals surface area (Å²) in [5.41, 5.74) is 1.09. The van der Waals surface area contributed by atoms with Crippen molar-refractivity contribution in [3.63, 3.8) is 0 Å². The Morgan fingerprint density at radius 1 is 1.22 bits per heavy atom. The molecule has 3 heteroatoms. The molecule has 102 valence electrons. The third kappa shape index (κ3) is 6.01. The summed E-state index contributed by atoms with van der Waals surface area (Å²) in [5.74, 6) is 1.19. The largest absolute Gasteiger partial charge is 0.478 e. The van der Waals surface area contributed by atoms with Gasteiger partial charge in [0.05, 0.1) is 6.61 Å². The zero-order valence-corrected chi connectivity index (χ0v) is 11.9.